The summed E-state index contributed by atoms with van der Waals surface area (Å²) in [5.41, 5.74) is 5.39. The zero-order chi connectivity index (χ0) is 20.4. The molecule has 1 fully saturated rings. The van der Waals surface area contributed by atoms with Crippen LogP contribution in [0.2, 0.25) is 0 Å². The maximum atomic E-state index is 13.3. The summed E-state index contributed by atoms with van der Waals surface area (Å²) >= 11 is 1.61. The van der Waals surface area contributed by atoms with Gasteiger partial charge in [0.15, 0.2) is 0 Å². The molecule has 4 rings (SSSR count). The first kappa shape index (κ1) is 19.7. The Kier molecular flexibility index (Phi) is 5.74. The summed E-state index contributed by atoms with van der Waals surface area (Å²) in [6.45, 7) is 7.98. The maximum Gasteiger partial charge on any atom is 0.256 e. The lowest BCUT2D eigenvalue weighted by Gasteiger charge is -2.31. The summed E-state index contributed by atoms with van der Waals surface area (Å²) in [4.78, 5) is 17.5. The second-order valence-corrected chi connectivity index (χ2v) is 8.37. The Bertz CT molecular complexity index is 982. The van der Waals surface area contributed by atoms with Gasteiger partial charge in [0.2, 0.25) is 0 Å². The second kappa shape index (κ2) is 8.43. The van der Waals surface area contributed by atoms with Gasteiger partial charge in [-0.3, -0.25) is 4.79 Å². The van der Waals surface area contributed by atoms with Gasteiger partial charge in [-0.25, -0.2) is 0 Å². The van der Waals surface area contributed by atoms with Crippen LogP contribution in [0.5, 0.6) is 0 Å². The molecule has 0 unspecified atom stereocenters. The van der Waals surface area contributed by atoms with Crippen molar-refractivity contribution in [3.05, 3.63) is 70.4 Å². The number of thiophene rings is 1. The third-order valence-corrected chi connectivity index (χ3v) is 6.34. The van der Waals surface area contributed by atoms with E-state index in [1.807, 2.05) is 29.5 Å². The highest BCUT2D eigenvalue weighted by Crippen LogP contribution is 2.28. The minimum absolute atomic E-state index is 0.0468. The van der Waals surface area contributed by atoms with E-state index in [1.54, 1.807) is 11.3 Å². The van der Waals surface area contributed by atoms with Crippen molar-refractivity contribution >= 4 is 22.9 Å². The number of hydrogen-bond acceptors (Lipinski definition) is 4. The molecule has 29 heavy (non-hydrogen) atoms. The van der Waals surface area contributed by atoms with Crippen LogP contribution in [0, 0.1) is 13.8 Å². The average Bonchev–Trinajstić information content (AvgIpc) is 3.34. The molecule has 0 N–H and O–H groups in total. The van der Waals surface area contributed by atoms with Crippen LogP contribution in [0.3, 0.4) is 0 Å². The lowest BCUT2D eigenvalue weighted by Crippen LogP contribution is -2.37. The summed E-state index contributed by atoms with van der Waals surface area (Å²) < 4.78 is 7.65. The highest BCUT2D eigenvalue weighted by atomic mass is 32.1. The van der Waals surface area contributed by atoms with E-state index >= 15 is 0 Å². The van der Waals surface area contributed by atoms with Crippen molar-refractivity contribution in [3.63, 3.8) is 0 Å². The van der Waals surface area contributed by atoms with Crippen LogP contribution in [0.25, 0.3) is 5.00 Å². The van der Waals surface area contributed by atoms with Gasteiger partial charge in [-0.15, -0.1) is 11.3 Å². The third-order valence-electron chi connectivity index (χ3n) is 5.45. The summed E-state index contributed by atoms with van der Waals surface area (Å²) in [6, 6.07) is 14.5. The van der Waals surface area contributed by atoms with E-state index in [0.29, 0.717) is 6.54 Å². The van der Waals surface area contributed by atoms with Crippen molar-refractivity contribution in [2.24, 2.45) is 0 Å². The summed E-state index contributed by atoms with van der Waals surface area (Å²) in [7, 11) is 1.88. The zero-order valence-corrected chi connectivity index (χ0v) is 18.0. The number of para-hydroxylation sites is 1. The zero-order valence-electron chi connectivity index (χ0n) is 17.2. The number of aromatic nitrogens is 1. The molecule has 1 aliphatic rings. The first-order valence-electron chi connectivity index (χ1n) is 9.95. The molecular formula is C23H27N3O2S. The van der Waals surface area contributed by atoms with Crippen LogP contribution in [0.15, 0.2) is 47.8 Å². The highest BCUT2D eigenvalue weighted by Gasteiger charge is 2.22. The molecule has 0 aliphatic carbocycles. The van der Waals surface area contributed by atoms with Crippen molar-refractivity contribution in [1.29, 1.82) is 0 Å². The van der Waals surface area contributed by atoms with Crippen LogP contribution in [0.4, 0.5) is 5.69 Å². The fourth-order valence-electron chi connectivity index (χ4n) is 3.92. The standard InChI is InChI=1S/C23H27N3O2S/c1-17-8-9-18(2)26(17)23-20(10-15-29-23)22(27)24(3)16-19-6-4-5-7-21(19)25-11-13-28-14-12-25/h4-10,15H,11-14,16H2,1-3H3. The number of rotatable bonds is 5. The fraction of sp³-hybridized carbons (Fsp3) is 0.348. The van der Waals surface area contributed by atoms with Gasteiger partial charge in [0.05, 0.1) is 18.8 Å². The predicted molar refractivity (Wildman–Crippen MR) is 118 cm³/mol. The van der Waals surface area contributed by atoms with Gasteiger partial charge in [0, 0.05) is 43.8 Å². The topological polar surface area (TPSA) is 37.7 Å². The first-order chi connectivity index (χ1) is 14.1. The van der Waals surface area contributed by atoms with Gasteiger partial charge < -0.3 is 19.1 Å². The SMILES string of the molecule is Cc1ccc(C)n1-c1sccc1C(=O)N(C)Cc1ccccc1N1CCOCC1. The molecule has 152 valence electrons. The number of ether oxygens (including phenoxy) is 1. The molecule has 0 saturated carbocycles. The number of carbonyl (C=O) groups excluding carboxylic acids is 1. The number of hydrogen-bond donors (Lipinski definition) is 0. The number of nitrogens with zero attached hydrogens (tertiary/aromatic N) is 3. The third kappa shape index (κ3) is 3.95. The minimum atomic E-state index is 0.0468. The summed E-state index contributed by atoms with van der Waals surface area (Å²) in [6.07, 6.45) is 0. The summed E-state index contributed by atoms with van der Waals surface area (Å²) in [5.74, 6) is 0.0468. The largest absolute Gasteiger partial charge is 0.378 e. The van der Waals surface area contributed by atoms with E-state index < -0.39 is 0 Å². The smallest absolute Gasteiger partial charge is 0.256 e. The Morgan fingerprint density at radius 1 is 1.07 bits per heavy atom. The molecule has 1 aromatic carbocycles. The van der Waals surface area contributed by atoms with Crippen molar-refractivity contribution in [1.82, 2.24) is 9.47 Å². The Morgan fingerprint density at radius 2 is 1.76 bits per heavy atom. The molecular weight excluding hydrogens is 382 g/mol. The first-order valence-corrected chi connectivity index (χ1v) is 10.8. The maximum absolute atomic E-state index is 13.3. The number of amides is 1. The van der Waals surface area contributed by atoms with Crippen LogP contribution in [-0.4, -0.2) is 48.7 Å². The van der Waals surface area contributed by atoms with E-state index in [4.69, 9.17) is 4.74 Å². The number of benzene rings is 1. The van der Waals surface area contributed by atoms with Crippen molar-refractivity contribution < 1.29 is 9.53 Å². The molecule has 1 amide bonds. The second-order valence-electron chi connectivity index (χ2n) is 7.48. The number of aryl methyl sites for hydroxylation is 2. The lowest BCUT2D eigenvalue weighted by molar-refractivity contribution is 0.0785. The van der Waals surface area contributed by atoms with Gasteiger partial charge in [0.1, 0.15) is 5.00 Å². The van der Waals surface area contributed by atoms with Crippen LogP contribution < -0.4 is 4.90 Å². The molecule has 0 radical (unpaired) electrons. The molecule has 1 saturated heterocycles. The van der Waals surface area contributed by atoms with E-state index in [1.165, 1.54) is 5.69 Å². The Morgan fingerprint density at radius 3 is 2.48 bits per heavy atom. The lowest BCUT2D eigenvalue weighted by atomic mass is 10.1. The van der Waals surface area contributed by atoms with E-state index in [-0.39, 0.29) is 5.91 Å². The molecule has 3 heterocycles. The van der Waals surface area contributed by atoms with Crippen LogP contribution >= 0.6 is 11.3 Å². The Hall–Kier alpha value is -2.57. The molecule has 6 heteroatoms. The minimum Gasteiger partial charge on any atom is -0.378 e. The van der Waals surface area contributed by atoms with E-state index in [0.717, 1.165) is 53.8 Å². The number of carbonyl (C=O) groups is 1. The molecule has 5 nitrogen and oxygen atoms in total. The molecule has 0 spiro atoms. The summed E-state index contributed by atoms with van der Waals surface area (Å²) in [5, 5.41) is 2.99. The van der Waals surface area contributed by atoms with Crippen molar-refractivity contribution in [2.45, 2.75) is 20.4 Å². The highest BCUT2D eigenvalue weighted by molar-refractivity contribution is 7.13. The molecule has 3 aromatic rings. The van der Waals surface area contributed by atoms with Gasteiger partial charge >= 0.3 is 0 Å². The van der Waals surface area contributed by atoms with Gasteiger partial charge in [-0.1, -0.05) is 18.2 Å². The fourth-order valence-corrected chi connectivity index (χ4v) is 4.92. The average molecular weight is 410 g/mol. The van der Waals surface area contributed by atoms with Crippen LogP contribution in [0.1, 0.15) is 27.3 Å². The predicted octanol–water partition coefficient (Wildman–Crippen LogP) is 4.26. The number of anilines is 1. The van der Waals surface area contributed by atoms with E-state index in [2.05, 4.69) is 53.6 Å². The van der Waals surface area contributed by atoms with Crippen LogP contribution in [-0.2, 0) is 11.3 Å². The molecule has 2 aromatic heterocycles. The molecule has 0 atom stereocenters. The van der Waals surface area contributed by atoms with Gasteiger partial charge in [0.25, 0.3) is 5.91 Å². The normalized spacial score (nSPS) is 14.2. The van der Waals surface area contributed by atoms with E-state index in [9.17, 15) is 4.79 Å². The molecule has 0 bridgehead atoms. The van der Waals surface area contributed by atoms with Gasteiger partial charge in [-0.2, -0.15) is 0 Å². The Balaban J connectivity index is 1.57. The van der Waals surface area contributed by atoms with Gasteiger partial charge in [-0.05, 0) is 49.1 Å². The quantitative estimate of drug-likeness (QED) is 0.632. The number of morpholine rings is 1. The van der Waals surface area contributed by atoms with Crippen molar-refractivity contribution in [3.8, 4) is 5.00 Å². The monoisotopic (exact) mass is 409 g/mol. The van der Waals surface area contributed by atoms with Crippen molar-refractivity contribution in [2.75, 3.05) is 38.3 Å². The molecule has 1 aliphatic heterocycles. The Labute approximate surface area is 176 Å².